The Kier molecular flexibility index (Phi) is 5.07. The molecule has 2 rings (SSSR count). The van der Waals surface area contributed by atoms with Gasteiger partial charge in [0.2, 0.25) is 0 Å². The Morgan fingerprint density at radius 1 is 1.19 bits per heavy atom. The molecule has 2 unspecified atom stereocenters. The van der Waals surface area contributed by atoms with Crippen molar-refractivity contribution in [2.75, 3.05) is 6.61 Å². The van der Waals surface area contributed by atoms with Gasteiger partial charge in [0.05, 0.1) is 6.10 Å². The van der Waals surface area contributed by atoms with Crippen LogP contribution in [0, 0.1) is 5.92 Å². The van der Waals surface area contributed by atoms with Crippen LogP contribution in [-0.4, -0.2) is 18.8 Å². The van der Waals surface area contributed by atoms with Crippen molar-refractivity contribution in [3.05, 3.63) is 0 Å². The van der Waals surface area contributed by atoms with Crippen molar-refractivity contribution in [3.8, 4) is 0 Å². The molecule has 3 N–H and O–H groups in total. The molecule has 0 aromatic carbocycles. The summed E-state index contributed by atoms with van der Waals surface area (Å²) in [6, 6.07) is 0.507. The second-order valence-corrected chi connectivity index (χ2v) is 5.46. The zero-order valence-corrected chi connectivity index (χ0v) is 10.3. The highest BCUT2D eigenvalue weighted by Crippen LogP contribution is 2.29. The van der Waals surface area contributed by atoms with Crippen molar-refractivity contribution in [3.63, 3.8) is 0 Å². The molecule has 2 fully saturated rings. The molecule has 94 valence electrons. The highest BCUT2D eigenvalue weighted by Gasteiger charge is 2.21. The molecular formula is C13H26N2O. The van der Waals surface area contributed by atoms with Crippen molar-refractivity contribution in [2.45, 2.75) is 69.9 Å². The van der Waals surface area contributed by atoms with Gasteiger partial charge < -0.3 is 4.74 Å². The van der Waals surface area contributed by atoms with Gasteiger partial charge in [-0.3, -0.25) is 11.3 Å². The van der Waals surface area contributed by atoms with Gasteiger partial charge in [-0.1, -0.05) is 25.7 Å². The first-order valence-electron chi connectivity index (χ1n) is 6.96. The zero-order chi connectivity index (χ0) is 11.2. The summed E-state index contributed by atoms with van der Waals surface area (Å²) in [6.45, 7) is 0.966. The Morgan fingerprint density at radius 2 is 2.00 bits per heavy atom. The van der Waals surface area contributed by atoms with Crippen LogP contribution < -0.4 is 11.3 Å². The molecule has 16 heavy (non-hydrogen) atoms. The van der Waals surface area contributed by atoms with Gasteiger partial charge in [0.25, 0.3) is 0 Å². The predicted octanol–water partition coefficient (Wildman–Crippen LogP) is 2.36. The summed E-state index contributed by atoms with van der Waals surface area (Å²) in [5.41, 5.74) is 3.00. The van der Waals surface area contributed by atoms with Gasteiger partial charge in [0.1, 0.15) is 0 Å². The Labute approximate surface area is 99.1 Å². The van der Waals surface area contributed by atoms with Crippen LogP contribution in [0.4, 0.5) is 0 Å². The van der Waals surface area contributed by atoms with E-state index in [0.29, 0.717) is 12.1 Å². The lowest BCUT2D eigenvalue weighted by atomic mass is 9.95. The molecule has 1 aliphatic heterocycles. The minimum atomic E-state index is 0.507. The van der Waals surface area contributed by atoms with Crippen molar-refractivity contribution in [1.82, 2.24) is 5.43 Å². The number of hydrogen-bond acceptors (Lipinski definition) is 3. The first-order chi connectivity index (χ1) is 7.88. The number of nitrogens with two attached hydrogens (primary N) is 1. The van der Waals surface area contributed by atoms with E-state index in [0.717, 1.165) is 12.5 Å². The van der Waals surface area contributed by atoms with Crippen LogP contribution in [0.15, 0.2) is 0 Å². The molecule has 0 radical (unpaired) electrons. The van der Waals surface area contributed by atoms with Gasteiger partial charge in [0, 0.05) is 12.6 Å². The fourth-order valence-corrected chi connectivity index (χ4v) is 3.18. The normalized spacial score (nSPS) is 28.7. The number of hydrogen-bond donors (Lipinski definition) is 2. The van der Waals surface area contributed by atoms with Crippen LogP contribution in [0.2, 0.25) is 0 Å². The molecule has 1 aliphatic carbocycles. The standard InChI is InChI=1S/C13H26N2O/c14-15-12(10-11-4-1-2-5-11)7-8-13-6-3-9-16-13/h11-13,15H,1-10,14H2. The fraction of sp³-hybridized carbons (Fsp3) is 1.00. The van der Waals surface area contributed by atoms with Crippen LogP contribution in [0.5, 0.6) is 0 Å². The first-order valence-corrected chi connectivity index (χ1v) is 6.96. The van der Waals surface area contributed by atoms with Crippen LogP contribution in [-0.2, 0) is 4.74 Å². The third-order valence-electron chi connectivity index (χ3n) is 4.19. The van der Waals surface area contributed by atoms with Crippen LogP contribution >= 0.6 is 0 Å². The maximum absolute atomic E-state index is 5.65. The summed E-state index contributed by atoms with van der Waals surface area (Å²) < 4.78 is 5.65. The van der Waals surface area contributed by atoms with Gasteiger partial charge in [-0.05, 0) is 38.0 Å². The molecule has 0 spiro atoms. The Balaban J connectivity index is 1.63. The molecule has 3 heteroatoms. The second kappa shape index (κ2) is 6.58. The second-order valence-electron chi connectivity index (χ2n) is 5.46. The van der Waals surface area contributed by atoms with Crippen molar-refractivity contribution >= 4 is 0 Å². The molecule has 1 heterocycles. The summed E-state index contributed by atoms with van der Waals surface area (Å²) in [5, 5.41) is 0. The van der Waals surface area contributed by atoms with Gasteiger partial charge in [-0.25, -0.2) is 0 Å². The van der Waals surface area contributed by atoms with E-state index < -0.39 is 0 Å². The third kappa shape index (κ3) is 3.72. The van der Waals surface area contributed by atoms with E-state index in [1.165, 1.54) is 57.8 Å². The van der Waals surface area contributed by atoms with E-state index in [2.05, 4.69) is 5.43 Å². The molecular weight excluding hydrogens is 200 g/mol. The van der Waals surface area contributed by atoms with E-state index in [4.69, 9.17) is 10.6 Å². The average Bonchev–Trinajstić information content (AvgIpc) is 2.97. The van der Waals surface area contributed by atoms with E-state index in [1.54, 1.807) is 0 Å². The van der Waals surface area contributed by atoms with Gasteiger partial charge in [0.15, 0.2) is 0 Å². The van der Waals surface area contributed by atoms with E-state index >= 15 is 0 Å². The summed E-state index contributed by atoms with van der Waals surface area (Å²) in [5.74, 6) is 6.57. The molecule has 0 amide bonds. The van der Waals surface area contributed by atoms with Gasteiger partial charge in [-0.2, -0.15) is 0 Å². The summed E-state index contributed by atoms with van der Waals surface area (Å²) in [7, 11) is 0. The van der Waals surface area contributed by atoms with Crippen molar-refractivity contribution in [1.29, 1.82) is 0 Å². The first kappa shape index (κ1) is 12.3. The maximum Gasteiger partial charge on any atom is 0.0576 e. The monoisotopic (exact) mass is 226 g/mol. The lowest BCUT2D eigenvalue weighted by Gasteiger charge is -2.21. The van der Waals surface area contributed by atoms with Crippen LogP contribution in [0.1, 0.15) is 57.8 Å². The smallest absolute Gasteiger partial charge is 0.0576 e. The van der Waals surface area contributed by atoms with Crippen molar-refractivity contribution in [2.24, 2.45) is 11.8 Å². The number of rotatable bonds is 6. The lowest BCUT2D eigenvalue weighted by molar-refractivity contribution is 0.0986. The average molecular weight is 226 g/mol. The van der Waals surface area contributed by atoms with E-state index in [1.807, 2.05) is 0 Å². The van der Waals surface area contributed by atoms with Crippen molar-refractivity contribution < 1.29 is 4.74 Å². The summed E-state index contributed by atoms with van der Waals surface area (Å²) in [6.07, 6.45) is 12.3. The minimum Gasteiger partial charge on any atom is -0.378 e. The van der Waals surface area contributed by atoms with E-state index in [9.17, 15) is 0 Å². The molecule has 0 bridgehead atoms. The summed E-state index contributed by atoms with van der Waals surface area (Å²) >= 11 is 0. The number of ether oxygens (including phenoxy) is 1. The number of nitrogens with one attached hydrogen (secondary N) is 1. The molecule has 2 aliphatic rings. The predicted molar refractivity (Wildman–Crippen MR) is 65.9 cm³/mol. The lowest BCUT2D eigenvalue weighted by Crippen LogP contribution is -2.37. The minimum absolute atomic E-state index is 0.507. The van der Waals surface area contributed by atoms with Gasteiger partial charge >= 0.3 is 0 Å². The third-order valence-corrected chi connectivity index (χ3v) is 4.19. The number of hydrazine groups is 1. The maximum atomic E-state index is 5.65. The highest BCUT2D eigenvalue weighted by molar-refractivity contribution is 4.76. The molecule has 3 nitrogen and oxygen atoms in total. The quantitative estimate of drug-likeness (QED) is 0.540. The van der Waals surface area contributed by atoms with Crippen LogP contribution in [0.3, 0.4) is 0 Å². The topological polar surface area (TPSA) is 47.3 Å². The molecule has 1 saturated heterocycles. The molecule has 0 aromatic heterocycles. The molecule has 0 aromatic rings. The molecule has 1 saturated carbocycles. The summed E-state index contributed by atoms with van der Waals surface area (Å²) in [4.78, 5) is 0. The largest absolute Gasteiger partial charge is 0.378 e. The fourth-order valence-electron chi connectivity index (χ4n) is 3.18. The SMILES string of the molecule is NNC(CCC1CCCO1)CC1CCCC1. The van der Waals surface area contributed by atoms with E-state index in [-0.39, 0.29) is 0 Å². The zero-order valence-electron chi connectivity index (χ0n) is 10.3. The molecule has 2 atom stereocenters. The Hall–Kier alpha value is -0.120. The van der Waals surface area contributed by atoms with Crippen LogP contribution in [0.25, 0.3) is 0 Å². The Bertz CT molecular complexity index is 186. The highest BCUT2D eigenvalue weighted by atomic mass is 16.5. The Morgan fingerprint density at radius 3 is 2.62 bits per heavy atom. The van der Waals surface area contributed by atoms with Gasteiger partial charge in [-0.15, -0.1) is 0 Å².